The van der Waals surface area contributed by atoms with Gasteiger partial charge in [-0.3, -0.25) is 4.68 Å². The fourth-order valence-electron chi connectivity index (χ4n) is 1.43. The molecule has 0 aliphatic rings. The van der Waals surface area contributed by atoms with Crippen LogP contribution < -0.4 is 5.73 Å². The van der Waals surface area contributed by atoms with Gasteiger partial charge >= 0.3 is 0 Å². The maximum absolute atomic E-state index is 5.81. The number of aryl methyl sites for hydroxylation is 2. The first-order valence-corrected chi connectivity index (χ1v) is 4.44. The predicted molar refractivity (Wildman–Crippen MR) is 54.8 cm³/mol. The average Bonchev–Trinajstić information content (AvgIpc) is 2.66. The van der Waals surface area contributed by atoms with Gasteiger partial charge in [0, 0.05) is 12.6 Å². The molecule has 2 aromatic rings. The zero-order valence-corrected chi connectivity index (χ0v) is 8.53. The summed E-state index contributed by atoms with van der Waals surface area (Å²) in [7, 11) is 1.82. The van der Waals surface area contributed by atoms with Gasteiger partial charge in [0.1, 0.15) is 11.5 Å². The molecule has 0 aliphatic heterocycles. The van der Waals surface area contributed by atoms with E-state index < -0.39 is 0 Å². The second-order valence-electron chi connectivity index (χ2n) is 3.47. The van der Waals surface area contributed by atoms with Crippen LogP contribution in [0.15, 0.2) is 16.7 Å². The minimum Gasteiger partial charge on any atom is -0.462 e. The molecule has 0 saturated heterocycles. The Morgan fingerprint density at radius 2 is 2.14 bits per heavy atom. The fourth-order valence-corrected chi connectivity index (χ4v) is 1.43. The molecule has 2 heterocycles. The van der Waals surface area contributed by atoms with Crippen molar-refractivity contribution < 1.29 is 4.42 Å². The third-order valence-electron chi connectivity index (χ3n) is 2.30. The number of hydrogen-bond donors (Lipinski definition) is 1. The first-order valence-electron chi connectivity index (χ1n) is 4.44. The van der Waals surface area contributed by atoms with Crippen LogP contribution in [0.4, 0.5) is 5.82 Å². The van der Waals surface area contributed by atoms with Crippen LogP contribution in [0.25, 0.3) is 11.5 Å². The van der Waals surface area contributed by atoms with Crippen LogP contribution in [0, 0.1) is 13.8 Å². The Hall–Kier alpha value is -1.71. The number of hydrogen-bond acceptors (Lipinski definition) is 3. The molecule has 0 aliphatic carbocycles. The number of anilines is 1. The molecule has 2 aromatic heterocycles. The summed E-state index contributed by atoms with van der Waals surface area (Å²) >= 11 is 0. The highest BCUT2D eigenvalue weighted by Gasteiger charge is 2.13. The molecule has 2 rings (SSSR count). The van der Waals surface area contributed by atoms with Gasteiger partial charge in [-0.15, -0.1) is 0 Å². The van der Waals surface area contributed by atoms with E-state index in [1.165, 1.54) is 0 Å². The zero-order valence-electron chi connectivity index (χ0n) is 8.53. The summed E-state index contributed by atoms with van der Waals surface area (Å²) in [5, 5.41) is 4.29. The lowest BCUT2D eigenvalue weighted by Crippen LogP contribution is -1.97. The SMILES string of the molecule is Cc1coc(-c2nn(C)c(N)c2C)c1. The van der Waals surface area contributed by atoms with Gasteiger partial charge in [-0.05, 0) is 25.5 Å². The van der Waals surface area contributed by atoms with Crippen LogP contribution in [0.5, 0.6) is 0 Å². The molecule has 14 heavy (non-hydrogen) atoms. The first-order chi connectivity index (χ1) is 6.59. The van der Waals surface area contributed by atoms with Gasteiger partial charge in [0.05, 0.1) is 6.26 Å². The molecule has 0 fully saturated rings. The second-order valence-corrected chi connectivity index (χ2v) is 3.47. The van der Waals surface area contributed by atoms with E-state index in [0.29, 0.717) is 5.82 Å². The van der Waals surface area contributed by atoms with Gasteiger partial charge in [-0.2, -0.15) is 5.10 Å². The van der Waals surface area contributed by atoms with Crippen molar-refractivity contribution in [3.05, 3.63) is 23.5 Å². The minimum absolute atomic E-state index is 0.675. The van der Waals surface area contributed by atoms with Crippen LogP contribution in [-0.2, 0) is 7.05 Å². The van der Waals surface area contributed by atoms with Crippen molar-refractivity contribution in [3.8, 4) is 11.5 Å². The van der Waals surface area contributed by atoms with Crippen molar-refractivity contribution in [2.24, 2.45) is 7.05 Å². The Morgan fingerprint density at radius 1 is 1.43 bits per heavy atom. The molecule has 0 amide bonds. The van der Waals surface area contributed by atoms with Gasteiger partial charge in [0.25, 0.3) is 0 Å². The maximum Gasteiger partial charge on any atom is 0.154 e. The topological polar surface area (TPSA) is 57.0 Å². The lowest BCUT2D eigenvalue weighted by molar-refractivity contribution is 0.575. The summed E-state index contributed by atoms with van der Waals surface area (Å²) < 4.78 is 7.02. The number of nitrogen functional groups attached to an aromatic ring is 1. The normalized spacial score (nSPS) is 10.8. The first kappa shape index (κ1) is 8.87. The average molecular weight is 191 g/mol. The maximum atomic E-state index is 5.81. The molecule has 0 spiro atoms. The third-order valence-corrected chi connectivity index (χ3v) is 2.30. The monoisotopic (exact) mass is 191 g/mol. The van der Waals surface area contributed by atoms with Crippen molar-refractivity contribution >= 4 is 5.82 Å². The minimum atomic E-state index is 0.675. The Labute approximate surface area is 82.3 Å². The van der Waals surface area contributed by atoms with Crippen molar-refractivity contribution in [2.75, 3.05) is 5.73 Å². The number of nitrogens with two attached hydrogens (primary N) is 1. The third kappa shape index (κ3) is 1.19. The van der Waals surface area contributed by atoms with E-state index in [0.717, 1.165) is 22.6 Å². The van der Waals surface area contributed by atoms with Crippen molar-refractivity contribution in [1.29, 1.82) is 0 Å². The number of aromatic nitrogens is 2. The molecular formula is C10H13N3O. The molecule has 0 atom stereocenters. The van der Waals surface area contributed by atoms with E-state index in [9.17, 15) is 0 Å². The summed E-state index contributed by atoms with van der Waals surface area (Å²) in [5.41, 5.74) is 8.67. The summed E-state index contributed by atoms with van der Waals surface area (Å²) in [5.74, 6) is 1.45. The Morgan fingerprint density at radius 3 is 2.57 bits per heavy atom. The van der Waals surface area contributed by atoms with Crippen LogP contribution in [0.1, 0.15) is 11.1 Å². The van der Waals surface area contributed by atoms with Gasteiger partial charge in [-0.1, -0.05) is 0 Å². The molecule has 0 saturated carbocycles. The highest BCUT2D eigenvalue weighted by atomic mass is 16.3. The molecule has 0 radical (unpaired) electrons. The highest BCUT2D eigenvalue weighted by Crippen LogP contribution is 2.26. The van der Waals surface area contributed by atoms with Gasteiger partial charge in [0.15, 0.2) is 5.76 Å². The van der Waals surface area contributed by atoms with Gasteiger partial charge < -0.3 is 10.2 Å². The molecule has 0 bridgehead atoms. The number of furan rings is 1. The Bertz CT molecular complexity index is 468. The molecule has 4 nitrogen and oxygen atoms in total. The van der Waals surface area contributed by atoms with E-state index in [1.54, 1.807) is 10.9 Å². The smallest absolute Gasteiger partial charge is 0.154 e. The summed E-state index contributed by atoms with van der Waals surface area (Å²) in [4.78, 5) is 0. The summed E-state index contributed by atoms with van der Waals surface area (Å²) in [6, 6.07) is 1.95. The molecule has 0 aromatic carbocycles. The molecule has 0 unspecified atom stereocenters. The molecule has 4 heteroatoms. The highest BCUT2D eigenvalue weighted by molar-refractivity contribution is 5.63. The molecule has 74 valence electrons. The van der Waals surface area contributed by atoms with E-state index in [-0.39, 0.29) is 0 Å². The van der Waals surface area contributed by atoms with Crippen LogP contribution >= 0.6 is 0 Å². The molecule has 2 N–H and O–H groups in total. The summed E-state index contributed by atoms with van der Waals surface area (Å²) in [6.07, 6.45) is 1.71. The standard InChI is InChI=1S/C10H13N3O/c1-6-4-8(14-5-6)9-7(2)10(11)13(3)12-9/h4-5H,11H2,1-3H3. The zero-order chi connectivity index (χ0) is 10.3. The van der Waals surface area contributed by atoms with E-state index in [1.807, 2.05) is 27.0 Å². The van der Waals surface area contributed by atoms with Gasteiger partial charge in [0.2, 0.25) is 0 Å². The summed E-state index contributed by atoms with van der Waals surface area (Å²) in [6.45, 7) is 3.92. The van der Waals surface area contributed by atoms with Crippen molar-refractivity contribution in [2.45, 2.75) is 13.8 Å². The number of nitrogens with zero attached hydrogens (tertiary/aromatic N) is 2. The van der Waals surface area contributed by atoms with E-state index in [4.69, 9.17) is 10.2 Å². The lowest BCUT2D eigenvalue weighted by Gasteiger charge is -1.91. The largest absolute Gasteiger partial charge is 0.462 e. The van der Waals surface area contributed by atoms with Crippen molar-refractivity contribution in [1.82, 2.24) is 9.78 Å². The quantitative estimate of drug-likeness (QED) is 0.748. The van der Waals surface area contributed by atoms with E-state index in [2.05, 4.69) is 5.10 Å². The van der Waals surface area contributed by atoms with Crippen LogP contribution in [0.3, 0.4) is 0 Å². The second kappa shape index (κ2) is 2.90. The van der Waals surface area contributed by atoms with Crippen molar-refractivity contribution in [3.63, 3.8) is 0 Å². The van der Waals surface area contributed by atoms with Crippen LogP contribution in [-0.4, -0.2) is 9.78 Å². The Kier molecular flexibility index (Phi) is 1.84. The number of rotatable bonds is 1. The molecular weight excluding hydrogens is 178 g/mol. The van der Waals surface area contributed by atoms with E-state index >= 15 is 0 Å². The predicted octanol–water partition coefficient (Wildman–Crippen LogP) is 1.88. The fraction of sp³-hybridized carbons (Fsp3) is 0.300. The lowest BCUT2D eigenvalue weighted by atomic mass is 10.2. The van der Waals surface area contributed by atoms with Crippen LogP contribution in [0.2, 0.25) is 0 Å². The van der Waals surface area contributed by atoms with Gasteiger partial charge in [-0.25, -0.2) is 0 Å². The Balaban J connectivity index is 2.57.